The Morgan fingerprint density at radius 2 is 1.94 bits per heavy atom. The molecule has 0 atom stereocenters. The van der Waals surface area contributed by atoms with Crippen LogP contribution in [-0.2, 0) is 17.9 Å². The van der Waals surface area contributed by atoms with Crippen LogP contribution in [0.15, 0.2) is 18.7 Å². The molecule has 0 radical (unpaired) electrons. The molecular weight excluding hydrogens is 225 g/mol. The molecule has 0 spiro atoms. The number of aromatic nitrogens is 2. The first-order chi connectivity index (χ1) is 7.31. The highest BCUT2D eigenvalue weighted by Gasteiger charge is 2.28. The monoisotopic (exact) mass is 238 g/mol. The van der Waals surface area contributed by atoms with Crippen LogP contribution < -0.4 is 9.67 Å². The van der Waals surface area contributed by atoms with E-state index in [1.807, 2.05) is 0 Å². The molecule has 16 heavy (non-hydrogen) atoms. The Labute approximate surface area is 90.9 Å². The summed E-state index contributed by atoms with van der Waals surface area (Å²) in [5.74, 6) is -3.01. The van der Waals surface area contributed by atoms with Gasteiger partial charge in [0.1, 0.15) is 18.4 Å². The Morgan fingerprint density at radius 3 is 2.12 bits per heavy atom. The molecule has 0 saturated carbocycles. The van der Waals surface area contributed by atoms with E-state index in [9.17, 15) is 13.2 Å². The second-order valence-electron chi connectivity index (χ2n) is 2.86. The fraction of sp³-hybridized carbons (Fsp3) is 0.556. The number of carboxylic acids is 1. The van der Waals surface area contributed by atoms with Gasteiger partial charge in [0.05, 0.1) is 13.1 Å². The zero-order chi connectivity index (χ0) is 12.8. The summed E-state index contributed by atoms with van der Waals surface area (Å²) >= 11 is 0. The van der Waals surface area contributed by atoms with Crippen LogP contribution in [0.5, 0.6) is 0 Å². The standard InChI is InChI=1S/C7H13N2.C2HF3O2/c1-3-8-5-6-9(4-2)7-8;3-2(4,5)1(6)7/h5-7H,3-4H2,1-2H3;(H,6,7)/q+1;/p-1. The van der Waals surface area contributed by atoms with Gasteiger partial charge < -0.3 is 9.90 Å². The summed E-state index contributed by atoms with van der Waals surface area (Å²) in [6, 6.07) is 0. The lowest BCUT2D eigenvalue weighted by Gasteiger charge is -2.03. The number of aryl methyl sites for hydroxylation is 2. The van der Waals surface area contributed by atoms with Crippen molar-refractivity contribution in [1.82, 2.24) is 4.57 Å². The van der Waals surface area contributed by atoms with Gasteiger partial charge in [-0.25, -0.2) is 9.13 Å². The van der Waals surface area contributed by atoms with Crippen molar-refractivity contribution in [3.63, 3.8) is 0 Å². The number of hydrogen-bond donors (Lipinski definition) is 0. The highest BCUT2D eigenvalue weighted by molar-refractivity contribution is 5.70. The van der Waals surface area contributed by atoms with Crippen LogP contribution >= 0.6 is 0 Å². The number of alkyl halides is 3. The van der Waals surface area contributed by atoms with Crippen LogP contribution in [0.2, 0.25) is 0 Å². The first kappa shape index (κ1) is 14.5. The van der Waals surface area contributed by atoms with Gasteiger partial charge in [0, 0.05) is 0 Å². The van der Waals surface area contributed by atoms with E-state index < -0.39 is 12.1 Å². The predicted octanol–water partition coefficient (Wildman–Crippen LogP) is 0.114. The van der Waals surface area contributed by atoms with Crippen LogP contribution in [-0.4, -0.2) is 16.7 Å². The van der Waals surface area contributed by atoms with Crippen molar-refractivity contribution in [2.24, 2.45) is 0 Å². The fourth-order valence-corrected chi connectivity index (χ4v) is 0.813. The fourth-order valence-electron chi connectivity index (χ4n) is 0.813. The molecule has 92 valence electrons. The number of nitrogens with zero attached hydrogens (tertiary/aromatic N) is 2. The molecule has 1 aromatic rings. The molecule has 0 N–H and O–H groups in total. The van der Waals surface area contributed by atoms with E-state index in [0.717, 1.165) is 13.1 Å². The number of imidazole rings is 1. The van der Waals surface area contributed by atoms with Crippen LogP contribution in [0.4, 0.5) is 13.2 Å². The van der Waals surface area contributed by atoms with E-state index in [0.29, 0.717) is 0 Å². The summed E-state index contributed by atoms with van der Waals surface area (Å²) in [7, 11) is 0. The highest BCUT2D eigenvalue weighted by atomic mass is 19.4. The summed E-state index contributed by atoms with van der Waals surface area (Å²) in [5, 5.41) is 8.78. The minimum absolute atomic E-state index is 1.06. The maximum Gasteiger partial charge on any atom is 0.430 e. The van der Waals surface area contributed by atoms with Crippen LogP contribution in [0.3, 0.4) is 0 Å². The molecule has 0 bridgehead atoms. The number of aliphatic carboxylic acids is 1. The summed E-state index contributed by atoms with van der Waals surface area (Å²) < 4.78 is 35.9. The van der Waals surface area contributed by atoms with Crippen molar-refractivity contribution in [2.75, 3.05) is 0 Å². The average molecular weight is 238 g/mol. The Bertz CT molecular complexity index is 315. The maximum atomic E-state index is 10.5. The first-order valence-corrected chi connectivity index (χ1v) is 4.64. The molecule has 7 heteroatoms. The average Bonchev–Trinajstić information content (AvgIpc) is 2.64. The highest BCUT2D eigenvalue weighted by Crippen LogP contribution is 2.11. The number of hydrogen-bond acceptors (Lipinski definition) is 2. The van der Waals surface area contributed by atoms with E-state index in [-0.39, 0.29) is 0 Å². The second kappa shape index (κ2) is 6.14. The van der Waals surface area contributed by atoms with Crippen molar-refractivity contribution in [2.45, 2.75) is 33.1 Å². The predicted molar refractivity (Wildman–Crippen MR) is 47.0 cm³/mol. The lowest BCUT2D eigenvalue weighted by atomic mass is 10.7. The smallest absolute Gasteiger partial charge is 0.430 e. The SMILES string of the molecule is CCn1cc[n+](CC)c1.O=C([O-])C(F)(F)F. The van der Waals surface area contributed by atoms with Crippen molar-refractivity contribution < 1.29 is 27.6 Å². The van der Waals surface area contributed by atoms with Gasteiger partial charge in [-0.3, -0.25) is 0 Å². The third-order valence-corrected chi connectivity index (χ3v) is 1.71. The van der Waals surface area contributed by atoms with E-state index in [1.54, 1.807) is 0 Å². The van der Waals surface area contributed by atoms with Crippen molar-refractivity contribution >= 4 is 5.97 Å². The Hall–Kier alpha value is -1.53. The van der Waals surface area contributed by atoms with E-state index in [1.165, 1.54) is 0 Å². The topological polar surface area (TPSA) is 48.9 Å². The number of halogens is 3. The first-order valence-electron chi connectivity index (χ1n) is 4.64. The quantitative estimate of drug-likeness (QED) is 0.687. The number of rotatable bonds is 2. The minimum atomic E-state index is -5.19. The molecule has 0 unspecified atom stereocenters. The molecule has 0 aliphatic carbocycles. The largest absolute Gasteiger partial charge is 0.542 e. The summed E-state index contributed by atoms with van der Waals surface area (Å²) in [6.07, 6.45) is 1.09. The number of carbonyl (C=O) groups excluding carboxylic acids is 1. The van der Waals surface area contributed by atoms with E-state index >= 15 is 0 Å². The summed E-state index contributed by atoms with van der Waals surface area (Å²) in [5.41, 5.74) is 0. The Kier molecular flexibility index (Phi) is 5.55. The Morgan fingerprint density at radius 1 is 1.44 bits per heavy atom. The summed E-state index contributed by atoms with van der Waals surface area (Å²) in [4.78, 5) is 8.78. The van der Waals surface area contributed by atoms with Gasteiger partial charge in [0.15, 0.2) is 0 Å². The molecule has 0 amide bonds. The van der Waals surface area contributed by atoms with Gasteiger partial charge in [0.25, 0.3) is 0 Å². The lowest BCUT2D eigenvalue weighted by molar-refractivity contribution is -0.693. The Balaban J connectivity index is 0.000000293. The van der Waals surface area contributed by atoms with Crippen LogP contribution in [0, 0.1) is 0 Å². The second-order valence-corrected chi connectivity index (χ2v) is 2.86. The van der Waals surface area contributed by atoms with E-state index in [4.69, 9.17) is 9.90 Å². The van der Waals surface area contributed by atoms with Crippen molar-refractivity contribution in [1.29, 1.82) is 0 Å². The third kappa shape index (κ3) is 5.38. The minimum Gasteiger partial charge on any atom is -0.542 e. The molecule has 0 saturated heterocycles. The summed E-state index contributed by atoms with van der Waals surface area (Å²) in [6.45, 7) is 6.40. The molecule has 1 heterocycles. The van der Waals surface area contributed by atoms with Gasteiger partial charge in [-0.05, 0) is 13.8 Å². The number of carbonyl (C=O) groups is 1. The maximum absolute atomic E-state index is 10.5. The van der Waals surface area contributed by atoms with Gasteiger partial charge in [-0.2, -0.15) is 13.2 Å². The van der Waals surface area contributed by atoms with E-state index in [2.05, 4.69) is 41.7 Å². The van der Waals surface area contributed by atoms with Gasteiger partial charge in [-0.15, -0.1) is 0 Å². The van der Waals surface area contributed by atoms with Crippen molar-refractivity contribution in [3.8, 4) is 0 Å². The molecule has 0 aliphatic heterocycles. The molecular formula is C9H13F3N2O2. The zero-order valence-electron chi connectivity index (χ0n) is 8.99. The van der Waals surface area contributed by atoms with Gasteiger partial charge >= 0.3 is 6.18 Å². The molecule has 1 rings (SSSR count). The van der Waals surface area contributed by atoms with Crippen LogP contribution in [0.25, 0.3) is 0 Å². The third-order valence-electron chi connectivity index (χ3n) is 1.71. The van der Waals surface area contributed by atoms with Crippen molar-refractivity contribution in [3.05, 3.63) is 18.7 Å². The van der Waals surface area contributed by atoms with Gasteiger partial charge in [0.2, 0.25) is 6.33 Å². The molecule has 0 aromatic carbocycles. The van der Waals surface area contributed by atoms with Gasteiger partial charge in [-0.1, -0.05) is 0 Å². The molecule has 1 aromatic heterocycles. The molecule has 0 aliphatic rings. The van der Waals surface area contributed by atoms with Crippen LogP contribution in [0.1, 0.15) is 13.8 Å². The molecule has 4 nitrogen and oxygen atoms in total. The number of carboxylic acid groups (broad SMARTS) is 1. The normalized spacial score (nSPS) is 10.6. The lowest BCUT2D eigenvalue weighted by Crippen LogP contribution is -2.37. The zero-order valence-corrected chi connectivity index (χ0v) is 8.99. The molecule has 0 fully saturated rings.